The molecule has 0 spiro atoms. The molecule has 1 unspecified atom stereocenters. The predicted octanol–water partition coefficient (Wildman–Crippen LogP) is 0.622. The smallest absolute Gasteiger partial charge is 0.211 e. The summed E-state index contributed by atoms with van der Waals surface area (Å²) in [6.07, 6.45) is 3.02. The largest absolute Gasteiger partial charge is 0.356 e. The second-order valence-corrected chi connectivity index (χ2v) is 6.54. The molecule has 0 rings (SSSR count). The van der Waals surface area contributed by atoms with Crippen molar-refractivity contribution in [2.75, 3.05) is 32.9 Å². The third-order valence-electron chi connectivity index (χ3n) is 2.92. The molecular weight excluding hydrogens is 264 g/mol. The summed E-state index contributed by atoms with van der Waals surface area (Å²) in [5, 5.41) is 6.44. The van der Waals surface area contributed by atoms with E-state index in [9.17, 15) is 8.42 Å². The van der Waals surface area contributed by atoms with Crippen LogP contribution in [-0.2, 0) is 10.0 Å². The molecular formula is C12H28N4O2S. The number of rotatable bonds is 8. The zero-order valence-corrected chi connectivity index (χ0v) is 13.5. The Morgan fingerprint density at radius 3 is 2.42 bits per heavy atom. The SMILES string of the molecule is CCC(C)NC(=NC)NCCCN(CC)S(C)(=O)=O. The minimum Gasteiger partial charge on any atom is -0.356 e. The minimum atomic E-state index is -3.08. The molecule has 0 aliphatic rings. The van der Waals surface area contributed by atoms with E-state index in [1.165, 1.54) is 10.6 Å². The Morgan fingerprint density at radius 2 is 2.00 bits per heavy atom. The predicted molar refractivity (Wildman–Crippen MR) is 81.0 cm³/mol. The molecule has 0 heterocycles. The van der Waals surface area contributed by atoms with Gasteiger partial charge in [-0.3, -0.25) is 4.99 Å². The van der Waals surface area contributed by atoms with Crippen molar-refractivity contribution < 1.29 is 8.42 Å². The second-order valence-electron chi connectivity index (χ2n) is 4.56. The van der Waals surface area contributed by atoms with Gasteiger partial charge in [-0.15, -0.1) is 0 Å². The first-order valence-corrected chi connectivity index (χ1v) is 8.62. The van der Waals surface area contributed by atoms with Gasteiger partial charge >= 0.3 is 0 Å². The maximum Gasteiger partial charge on any atom is 0.211 e. The van der Waals surface area contributed by atoms with Crippen LogP contribution in [0.3, 0.4) is 0 Å². The van der Waals surface area contributed by atoms with E-state index in [0.29, 0.717) is 25.7 Å². The molecule has 114 valence electrons. The Bertz CT molecular complexity index is 368. The summed E-state index contributed by atoms with van der Waals surface area (Å²) < 4.78 is 24.3. The summed E-state index contributed by atoms with van der Waals surface area (Å²) in [4.78, 5) is 4.12. The zero-order chi connectivity index (χ0) is 14.9. The molecule has 0 saturated carbocycles. The van der Waals surface area contributed by atoms with Gasteiger partial charge in [-0.1, -0.05) is 13.8 Å². The quantitative estimate of drug-likeness (QED) is 0.391. The van der Waals surface area contributed by atoms with Crippen LogP contribution in [0, 0.1) is 0 Å². The van der Waals surface area contributed by atoms with Gasteiger partial charge in [0.25, 0.3) is 0 Å². The van der Waals surface area contributed by atoms with Crippen molar-refractivity contribution in [2.45, 2.75) is 39.7 Å². The highest BCUT2D eigenvalue weighted by Gasteiger charge is 2.13. The summed E-state index contributed by atoms with van der Waals surface area (Å²) in [5.74, 6) is 0.761. The maximum atomic E-state index is 11.4. The van der Waals surface area contributed by atoms with Gasteiger partial charge in [-0.2, -0.15) is 0 Å². The third kappa shape index (κ3) is 8.05. The van der Waals surface area contributed by atoms with E-state index >= 15 is 0 Å². The van der Waals surface area contributed by atoms with E-state index in [2.05, 4.69) is 29.5 Å². The van der Waals surface area contributed by atoms with Crippen molar-refractivity contribution >= 4 is 16.0 Å². The van der Waals surface area contributed by atoms with Crippen molar-refractivity contribution in [1.82, 2.24) is 14.9 Å². The van der Waals surface area contributed by atoms with Gasteiger partial charge in [0.2, 0.25) is 10.0 Å². The van der Waals surface area contributed by atoms with Crippen LogP contribution in [0.4, 0.5) is 0 Å². The van der Waals surface area contributed by atoms with Gasteiger partial charge in [0.05, 0.1) is 6.26 Å². The van der Waals surface area contributed by atoms with Crippen LogP contribution < -0.4 is 10.6 Å². The van der Waals surface area contributed by atoms with Crippen LogP contribution >= 0.6 is 0 Å². The van der Waals surface area contributed by atoms with Crippen LogP contribution in [-0.4, -0.2) is 57.7 Å². The lowest BCUT2D eigenvalue weighted by molar-refractivity contribution is 0.424. The molecule has 19 heavy (non-hydrogen) atoms. The lowest BCUT2D eigenvalue weighted by atomic mass is 10.3. The number of sulfonamides is 1. The molecule has 0 bridgehead atoms. The van der Waals surface area contributed by atoms with Crippen LogP contribution in [0.25, 0.3) is 0 Å². The fourth-order valence-corrected chi connectivity index (χ4v) is 2.48. The Morgan fingerprint density at radius 1 is 1.37 bits per heavy atom. The number of nitrogens with zero attached hydrogens (tertiary/aromatic N) is 2. The number of nitrogens with one attached hydrogen (secondary N) is 2. The molecule has 6 nitrogen and oxygen atoms in total. The Balaban J connectivity index is 4.02. The van der Waals surface area contributed by atoms with Gasteiger partial charge in [0.1, 0.15) is 0 Å². The summed E-state index contributed by atoms with van der Waals surface area (Å²) in [6, 6.07) is 0.370. The first-order valence-electron chi connectivity index (χ1n) is 6.77. The molecule has 1 atom stereocenters. The Labute approximate surface area is 117 Å². The highest BCUT2D eigenvalue weighted by molar-refractivity contribution is 7.88. The summed E-state index contributed by atoms with van der Waals surface area (Å²) in [5.41, 5.74) is 0. The van der Waals surface area contributed by atoms with Crippen LogP contribution in [0.2, 0.25) is 0 Å². The highest BCUT2D eigenvalue weighted by atomic mass is 32.2. The fraction of sp³-hybridized carbons (Fsp3) is 0.917. The molecule has 0 aliphatic heterocycles. The number of hydrogen-bond acceptors (Lipinski definition) is 3. The van der Waals surface area contributed by atoms with Crippen LogP contribution in [0.5, 0.6) is 0 Å². The molecule has 0 aliphatic carbocycles. The topological polar surface area (TPSA) is 73.8 Å². The minimum absolute atomic E-state index is 0.370. The van der Waals surface area contributed by atoms with Crippen molar-refractivity contribution in [1.29, 1.82) is 0 Å². The number of aliphatic imine (C=N–C) groups is 1. The average molecular weight is 292 g/mol. The van der Waals surface area contributed by atoms with Gasteiger partial charge in [-0.05, 0) is 19.8 Å². The van der Waals surface area contributed by atoms with Gasteiger partial charge in [-0.25, -0.2) is 12.7 Å². The second kappa shape index (κ2) is 9.14. The van der Waals surface area contributed by atoms with E-state index in [-0.39, 0.29) is 0 Å². The van der Waals surface area contributed by atoms with Crippen LogP contribution in [0.1, 0.15) is 33.6 Å². The summed E-state index contributed by atoms with van der Waals surface area (Å²) in [6.45, 7) is 7.78. The van der Waals surface area contributed by atoms with E-state index in [4.69, 9.17) is 0 Å². The van der Waals surface area contributed by atoms with Gasteiger partial charge < -0.3 is 10.6 Å². The van der Waals surface area contributed by atoms with Crippen LogP contribution in [0.15, 0.2) is 4.99 Å². The Kier molecular flexibility index (Phi) is 8.75. The van der Waals surface area contributed by atoms with Gasteiger partial charge in [0, 0.05) is 32.7 Å². The zero-order valence-electron chi connectivity index (χ0n) is 12.7. The van der Waals surface area contributed by atoms with E-state index in [0.717, 1.165) is 18.8 Å². The van der Waals surface area contributed by atoms with Crippen molar-refractivity contribution in [3.05, 3.63) is 0 Å². The average Bonchev–Trinajstić information content (AvgIpc) is 2.35. The standard InChI is InChI=1S/C12H28N4O2S/c1-6-11(3)15-12(13-4)14-9-8-10-16(7-2)19(5,17)18/h11H,6-10H2,1-5H3,(H2,13,14,15). The van der Waals surface area contributed by atoms with E-state index in [1.807, 2.05) is 6.92 Å². The molecule has 0 aromatic heterocycles. The van der Waals surface area contributed by atoms with E-state index < -0.39 is 10.0 Å². The summed E-state index contributed by atoms with van der Waals surface area (Å²) >= 11 is 0. The highest BCUT2D eigenvalue weighted by Crippen LogP contribution is 1.98. The molecule has 0 radical (unpaired) electrons. The summed E-state index contributed by atoms with van der Waals surface area (Å²) in [7, 11) is -1.36. The Hall–Kier alpha value is -0.820. The lowest BCUT2D eigenvalue weighted by Crippen LogP contribution is -2.43. The molecule has 2 N–H and O–H groups in total. The number of hydrogen-bond donors (Lipinski definition) is 2. The molecule has 7 heteroatoms. The first kappa shape index (κ1) is 18.2. The number of guanidine groups is 1. The molecule has 0 fully saturated rings. The molecule has 0 aromatic rings. The third-order valence-corrected chi connectivity index (χ3v) is 4.30. The van der Waals surface area contributed by atoms with Crippen molar-refractivity contribution in [3.63, 3.8) is 0 Å². The first-order chi connectivity index (χ1) is 8.85. The molecule has 0 amide bonds. The lowest BCUT2D eigenvalue weighted by Gasteiger charge is -2.19. The monoisotopic (exact) mass is 292 g/mol. The van der Waals surface area contributed by atoms with E-state index in [1.54, 1.807) is 7.05 Å². The van der Waals surface area contributed by atoms with Crippen molar-refractivity contribution in [2.24, 2.45) is 4.99 Å². The van der Waals surface area contributed by atoms with Gasteiger partial charge in [0.15, 0.2) is 5.96 Å². The molecule has 0 saturated heterocycles. The molecule has 0 aromatic carbocycles. The normalized spacial score (nSPS) is 14.5. The maximum absolute atomic E-state index is 11.4. The fourth-order valence-electron chi connectivity index (χ4n) is 1.55. The van der Waals surface area contributed by atoms with Crippen molar-refractivity contribution in [3.8, 4) is 0 Å².